The fraction of sp³-hybridized carbons (Fsp3) is 0.571. The SMILES string of the molecule is CN1CCc2c(C(C)(C)C)ccc(Cl)c2C1. The zero-order valence-corrected chi connectivity index (χ0v) is 11.4. The van der Waals surface area contributed by atoms with Crippen molar-refractivity contribution in [3.8, 4) is 0 Å². The summed E-state index contributed by atoms with van der Waals surface area (Å²) < 4.78 is 0. The van der Waals surface area contributed by atoms with E-state index >= 15 is 0 Å². The maximum Gasteiger partial charge on any atom is 0.0454 e. The largest absolute Gasteiger partial charge is 0.302 e. The molecular formula is C14H20ClN. The molecular weight excluding hydrogens is 218 g/mol. The Balaban J connectivity index is 2.55. The van der Waals surface area contributed by atoms with Crippen LogP contribution >= 0.6 is 11.6 Å². The van der Waals surface area contributed by atoms with E-state index in [-0.39, 0.29) is 5.41 Å². The maximum absolute atomic E-state index is 6.30. The van der Waals surface area contributed by atoms with E-state index in [1.807, 2.05) is 0 Å². The molecule has 1 heterocycles. The highest BCUT2D eigenvalue weighted by molar-refractivity contribution is 6.31. The Kier molecular flexibility index (Phi) is 3.02. The van der Waals surface area contributed by atoms with Crippen molar-refractivity contribution in [1.29, 1.82) is 0 Å². The van der Waals surface area contributed by atoms with Crippen LogP contribution in [0.4, 0.5) is 0 Å². The van der Waals surface area contributed by atoms with Crippen LogP contribution < -0.4 is 0 Å². The van der Waals surface area contributed by atoms with Gasteiger partial charge in [0, 0.05) is 18.1 Å². The molecule has 0 fully saturated rings. The normalized spacial score (nSPS) is 17.3. The maximum atomic E-state index is 6.30. The molecule has 0 bridgehead atoms. The molecule has 1 aliphatic rings. The second kappa shape index (κ2) is 4.05. The Morgan fingerprint density at radius 3 is 2.50 bits per heavy atom. The highest BCUT2D eigenvalue weighted by atomic mass is 35.5. The number of rotatable bonds is 0. The second-order valence-corrected chi connectivity index (χ2v) is 6.20. The van der Waals surface area contributed by atoms with Crippen molar-refractivity contribution in [3.63, 3.8) is 0 Å². The van der Waals surface area contributed by atoms with E-state index in [0.717, 1.165) is 24.5 Å². The van der Waals surface area contributed by atoms with Gasteiger partial charge in [0.1, 0.15) is 0 Å². The Bertz CT molecular complexity index is 404. The van der Waals surface area contributed by atoms with Gasteiger partial charge in [-0.05, 0) is 41.6 Å². The number of benzene rings is 1. The molecule has 2 heteroatoms. The molecule has 0 saturated carbocycles. The summed E-state index contributed by atoms with van der Waals surface area (Å²) >= 11 is 6.30. The lowest BCUT2D eigenvalue weighted by atomic mass is 9.80. The van der Waals surface area contributed by atoms with Gasteiger partial charge in [0.2, 0.25) is 0 Å². The van der Waals surface area contributed by atoms with Crippen LogP contribution in [0.25, 0.3) is 0 Å². The summed E-state index contributed by atoms with van der Waals surface area (Å²) in [7, 11) is 2.16. The average molecular weight is 238 g/mol. The van der Waals surface area contributed by atoms with Gasteiger partial charge in [-0.1, -0.05) is 38.4 Å². The van der Waals surface area contributed by atoms with E-state index in [9.17, 15) is 0 Å². The standard InChI is InChI=1S/C14H20ClN/c1-14(2,3)12-5-6-13(15)11-9-16(4)8-7-10(11)12/h5-6H,7-9H2,1-4H3. The molecule has 88 valence electrons. The summed E-state index contributed by atoms with van der Waals surface area (Å²) in [5.41, 5.74) is 4.49. The van der Waals surface area contributed by atoms with Crippen LogP contribution in [0.3, 0.4) is 0 Å². The lowest BCUT2D eigenvalue weighted by Gasteiger charge is -2.31. The van der Waals surface area contributed by atoms with Crippen molar-refractivity contribution in [2.45, 2.75) is 39.2 Å². The third kappa shape index (κ3) is 2.11. The molecule has 0 spiro atoms. The molecule has 0 saturated heterocycles. The molecule has 1 aromatic rings. The fourth-order valence-corrected chi connectivity index (χ4v) is 2.71. The van der Waals surface area contributed by atoms with Crippen molar-refractivity contribution in [2.75, 3.05) is 13.6 Å². The lowest BCUT2D eigenvalue weighted by molar-refractivity contribution is 0.311. The van der Waals surface area contributed by atoms with Crippen LogP contribution in [-0.4, -0.2) is 18.5 Å². The minimum atomic E-state index is 0.213. The number of hydrogen-bond donors (Lipinski definition) is 0. The van der Waals surface area contributed by atoms with Gasteiger partial charge in [0.15, 0.2) is 0 Å². The van der Waals surface area contributed by atoms with Gasteiger partial charge in [-0.25, -0.2) is 0 Å². The van der Waals surface area contributed by atoms with E-state index in [1.54, 1.807) is 0 Å². The third-order valence-corrected chi connectivity index (χ3v) is 3.71. The molecule has 0 unspecified atom stereocenters. The van der Waals surface area contributed by atoms with Gasteiger partial charge in [-0.2, -0.15) is 0 Å². The zero-order valence-electron chi connectivity index (χ0n) is 10.6. The van der Waals surface area contributed by atoms with Gasteiger partial charge in [-0.3, -0.25) is 0 Å². The zero-order chi connectivity index (χ0) is 11.9. The summed E-state index contributed by atoms with van der Waals surface area (Å²) in [5.74, 6) is 0. The Morgan fingerprint density at radius 2 is 1.88 bits per heavy atom. The number of hydrogen-bond acceptors (Lipinski definition) is 1. The van der Waals surface area contributed by atoms with E-state index < -0.39 is 0 Å². The molecule has 0 N–H and O–H groups in total. The molecule has 0 amide bonds. The molecule has 0 aromatic heterocycles. The van der Waals surface area contributed by atoms with E-state index in [2.05, 4.69) is 44.9 Å². The smallest absolute Gasteiger partial charge is 0.0454 e. The number of nitrogens with zero attached hydrogens (tertiary/aromatic N) is 1. The minimum absolute atomic E-state index is 0.213. The third-order valence-electron chi connectivity index (χ3n) is 3.35. The van der Waals surface area contributed by atoms with Gasteiger partial charge in [0.25, 0.3) is 0 Å². The summed E-state index contributed by atoms with van der Waals surface area (Å²) in [6.45, 7) is 8.94. The summed E-state index contributed by atoms with van der Waals surface area (Å²) in [6.07, 6.45) is 1.12. The molecule has 1 aliphatic heterocycles. The fourth-order valence-electron chi connectivity index (χ4n) is 2.48. The first-order valence-corrected chi connectivity index (χ1v) is 6.26. The lowest BCUT2D eigenvalue weighted by Crippen LogP contribution is -2.29. The first-order valence-electron chi connectivity index (χ1n) is 5.89. The molecule has 1 aromatic carbocycles. The number of halogens is 1. The van der Waals surface area contributed by atoms with Gasteiger partial charge in [-0.15, -0.1) is 0 Å². The highest BCUT2D eigenvalue weighted by Crippen LogP contribution is 2.34. The summed E-state index contributed by atoms with van der Waals surface area (Å²) in [6, 6.07) is 4.26. The van der Waals surface area contributed by atoms with Crippen molar-refractivity contribution >= 4 is 11.6 Å². The second-order valence-electron chi connectivity index (χ2n) is 5.79. The Hall–Kier alpha value is -0.530. The predicted octanol–water partition coefficient (Wildman–Crippen LogP) is 3.63. The van der Waals surface area contributed by atoms with Crippen molar-refractivity contribution in [3.05, 3.63) is 33.8 Å². The molecule has 0 radical (unpaired) electrons. The topological polar surface area (TPSA) is 3.24 Å². The minimum Gasteiger partial charge on any atom is -0.302 e. The number of fused-ring (bicyclic) bond motifs is 1. The highest BCUT2D eigenvalue weighted by Gasteiger charge is 2.24. The van der Waals surface area contributed by atoms with E-state index in [1.165, 1.54) is 16.7 Å². The van der Waals surface area contributed by atoms with Crippen LogP contribution in [-0.2, 0) is 18.4 Å². The van der Waals surface area contributed by atoms with Gasteiger partial charge < -0.3 is 4.90 Å². The van der Waals surface area contributed by atoms with Crippen LogP contribution in [0.15, 0.2) is 12.1 Å². The molecule has 2 rings (SSSR count). The molecule has 0 aliphatic carbocycles. The molecule has 0 atom stereocenters. The molecule has 16 heavy (non-hydrogen) atoms. The Morgan fingerprint density at radius 1 is 1.19 bits per heavy atom. The summed E-state index contributed by atoms with van der Waals surface area (Å²) in [5, 5.41) is 0.926. The van der Waals surface area contributed by atoms with Crippen molar-refractivity contribution in [1.82, 2.24) is 4.90 Å². The predicted molar refractivity (Wildman–Crippen MR) is 70.2 cm³/mol. The average Bonchev–Trinajstić information content (AvgIpc) is 2.17. The van der Waals surface area contributed by atoms with Crippen LogP contribution in [0, 0.1) is 0 Å². The van der Waals surface area contributed by atoms with Crippen LogP contribution in [0.5, 0.6) is 0 Å². The van der Waals surface area contributed by atoms with Crippen molar-refractivity contribution in [2.24, 2.45) is 0 Å². The van der Waals surface area contributed by atoms with Crippen LogP contribution in [0.2, 0.25) is 5.02 Å². The quantitative estimate of drug-likeness (QED) is 0.666. The van der Waals surface area contributed by atoms with Gasteiger partial charge in [0.05, 0.1) is 0 Å². The number of likely N-dealkylation sites (N-methyl/N-ethyl adjacent to an activating group) is 1. The van der Waals surface area contributed by atoms with Gasteiger partial charge >= 0.3 is 0 Å². The summed E-state index contributed by atoms with van der Waals surface area (Å²) in [4.78, 5) is 2.33. The molecule has 1 nitrogen and oxygen atoms in total. The van der Waals surface area contributed by atoms with Crippen molar-refractivity contribution < 1.29 is 0 Å². The van der Waals surface area contributed by atoms with E-state index in [4.69, 9.17) is 11.6 Å². The monoisotopic (exact) mass is 237 g/mol. The Labute approximate surface area is 103 Å². The van der Waals surface area contributed by atoms with Crippen LogP contribution in [0.1, 0.15) is 37.5 Å². The first-order chi connectivity index (χ1) is 7.39. The van der Waals surface area contributed by atoms with E-state index in [0.29, 0.717) is 0 Å². The first kappa shape index (κ1) is 11.9.